The first kappa shape index (κ1) is 58.3. The van der Waals surface area contributed by atoms with Gasteiger partial charge in [-0.15, -0.1) is 0 Å². The van der Waals surface area contributed by atoms with Gasteiger partial charge in [-0.3, -0.25) is 9.59 Å². The molecule has 2 saturated heterocycles. The van der Waals surface area contributed by atoms with E-state index in [1.165, 1.54) is 32.1 Å². The van der Waals surface area contributed by atoms with Crippen molar-refractivity contribution in [2.45, 2.75) is 216 Å². The molecular weight excluding hydrogens is 841 g/mol. The minimum atomic E-state index is -1.77. The number of aliphatic hydroxyl groups is 7. The quantitative estimate of drug-likeness (QED) is 0.0214. The minimum Gasteiger partial charge on any atom is -0.462 e. The van der Waals surface area contributed by atoms with E-state index in [4.69, 9.17) is 28.4 Å². The van der Waals surface area contributed by atoms with Crippen LogP contribution in [0.5, 0.6) is 0 Å². The predicted molar refractivity (Wildman–Crippen MR) is 247 cm³/mol. The molecule has 2 heterocycles. The predicted octanol–water partition coefficient (Wildman–Crippen LogP) is 6.10. The molecule has 0 saturated carbocycles. The van der Waals surface area contributed by atoms with Gasteiger partial charge in [-0.05, 0) is 77.0 Å². The summed E-state index contributed by atoms with van der Waals surface area (Å²) in [6.45, 7) is 2.39. The molecule has 15 nitrogen and oxygen atoms in total. The topological polar surface area (TPSA) is 231 Å². The van der Waals surface area contributed by atoms with Crippen LogP contribution >= 0.6 is 0 Å². The van der Waals surface area contributed by atoms with E-state index < -0.39 is 99.3 Å². The van der Waals surface area contributed by atoms with E-state index in [1.807, 2.05) is 0 Å². The fourth-order valence-corrected chi connectivity index (χ4v) is 7.20. The SMILES string of the molecule is CC/C=C/C/C=C/C/C=C/C/C=C/CCCCC(=O)OC[C@H](CO[C@@H]1O[C@H](CO[C@@H]2O[C@H](CO)[C@H](O)C(O)C2O)[C@H](O)C(O)C1O)OC(=O)CCCCCCC/C=C/CCCCCCC. The molecule has 2 fully saturated rings. The summed E-state index contributed by atoms with van der Waals surface area (Å²) >= 11 is 0. The van der Waals surface area contributed by atoms with Crippen molar-refractivity contribution in [2.75, 3.05) is 26.4 Å². The number of aliphatic hydroxyl groups excluding tert-OH is 7. The largest absolute Gasteiger partial charge is 0.462 e. The van der Waals surface area contributed by atoms with Crippen LogP contribution in [0.1, 0.15) is 149 Å². The van der Waals surface area contributed by atoms with E-state index in [9.17, 15) is 45.3 Å². The molecule has 15 heteroatoms. The van der Waals surface area contributed by atoms with Crippen LogP contribution in [-0.2, 0) is 38.0 Å². The molecule has 2 aliphatic rings. The van der Waals surface area contributed by atoms with Crippen molar-refractivity contribution >= 4 is 11.9 Å². The summed E-state index contributed by atoms with van der Waals surface area (Å²) in [5.74, 6) is -0.989. The molecule has 7 N–H and O–H groups in total. The summed E-state index contributed by atoms with van der Waals surface area (Å²) in [4.78, 5) is 25.7. The molecule has 374 valence electrons. The molecule has 0 aromatic carbocycles. The maximum absolute atomic E-state index is 13.0. The second kappa shape index (κ2) is 37.2. The number of hydrogen-bond donors (Lipinski definition) is 7. The molecule has 2 rings (SSSR count). The van der Waals surface area contributed by atoms with E-state index in [0.29, 0.717) is 12.8 Å². The van der Waals surface area contributed by atoms with Gasteiger partial charge in [-0.2, -0.15) is 0 Å². The van der Waals surface area contributed by atoms with E-state index in [0.717, 1.165) is 77.0 Å². The van der Waals surface area contributed by atoms with Crippen molar-refractivity contribution in [3.8, 4) is 0 Å². The number of carbonyl (C=O) groups is 2. The highest BCUT2D eigenvalue weighted by Gasteiger charge is 2.47. The van der Waals surface area contributed by atoms with Crippen LogP contribution < -0.4 is 0 Å². The van der Waals surface area contributed by atoms with Gasteiger partial charge in [0.25, 0.3) is 0 Å². The third-order valence-corrected chi connectivity index (χ3v) is 11.2. The Balaban J connectivity index is 1.86. The van der Waals surface area contributed by atoms with Crippen LogP contribution in [0.4, 0.5) is 0 Å². The van der Waals surface area contributed by atoms with E-state index in [2.05, 4.69) is 74.6 Å². The van der Waals surface area contributed by atoms with Gasteiger partial charge in [0.1, 0.15) is 55.4 Å². The maximum atomic E-state index is 13.0. The number of carbonyl (C=O) groups excluding carboxylic acids is 2. The highest BCUT2D eigenvalue weighted by molar-refractivity contribution is 5.70. The number of rotatable bonds is 36. The Kier molecular flexibility index (Phi) is 33.4. The number of ether oxygens (including phenoxy) is 6. The summed E-state index contributed by atoms with van der Waals surface area (Å²) in [6, 6.07) is 0. The molecule has 0 bridgehead atoms. The van der Waals surface area contributed by atoms with Crippen LogP contribution in [0.25, 0.3) is 0 Å². The highest BCUT2D eigenvalue weighted by atomic mass is 16.7. The number of esters is 2. The summed E-state index contributed by atoms with van der Waals surface area (Å²) in [7, 11) is 0. The molecule has 0 radical (unpaired) electrons. The lowest BCUT2D eigenvalue weighted by Gasteiger charge is -2.42. The Labute approximate surface area is 388 Å². The molecule has 0 aliphatic carbocycles. The van der Waals surface area contributed by atoms with Gasteiger partial charge < -0.3 is 64.2 Å². The first-order chi connectivity index (χ1) is 31.5. The Hall–Kier alpha value is -2.80. The minimum absolute atomic E-state index is 0.143. The summed E-state index contributed by atoms with van der Waals surface area (Å²) < 4.78 is 33.5. The lowest BCUT2D eigenvalue weighted by molar-refractivity contribution is -0.332. The zero-order valence-electron chi connectivity index (χ0n) is 39.2. The third kappa shape index (κ3) is 25.8. The fraction of sp³-hybridized carbons (Fsp3) is 0.760. The standard InChI is InChI=1S/C50H84O15/c1-3-5-7-9-11-13-15-17-19-21-22-24-26-28-30-32-41(52)60-35-38(63-42(53)33-31-29-27-25-23-20-18-16-14-12-10-8-6-4-2)36-61-49-48(59)46(57)44(55)40(65-49)37-62-50-47(58)45(56)43(54)39(34-51)64-50/h5,7,11,13,16-19,22,24,38-40,43-51,54-59H,3-4,6,8-10,12,14-15,20-21,23,25-37H2,1-2H3/b7-5+,13-11+,18-16+,19-17+,24-22+/t38-,39-,40-,43+,44+,45?,46?,47?,48?,49-,50-/m1/s1. The molecular formula is C50H84O15. The lowest BCUT2D eigenvalue weighted by Crippen LogP contribution is -2.61. The van der Waals surface area contributed by atoms with Crippen LogP contribution in [0.3, 0.4) is 0 Å². The Morgan fingerprint density at radius 3 is 1.57 bits per heavy atom. The van der Waals surface area contributed by atoms with Crippen LogP contribution in [0.15, 0.2) is 60.8 Å². The zero-order valence-corrected chi connectivity index (χ0v) is 39.2. The smallest absolute Gasteiger partial charge is 0.306 e. The van der Waals surface area contributed by atoms with Gasteiger partial charge >= 0.3 is 11.9 Å². The van der Waals surface area contributed by atoms with E-state index >= 15 is 0 Å². The van der Waals surface area contributed by atoms with Gasteiger partial charge in [0.15, 0.2) is 18.7 Å². The molecule has 0 aromatic rings. The Morgan fingerprint density at radius 1 is 0.508 bits per heavy atom. The van der Waals surface area contributed by atoms with Gasteiger partial charge in [0.05, 0.1) is 19.8 Å². The average Bonchev–Trinajstić information content (AvgIpc) is 3.30. The molecule has 65 heavy (non-hydrogen) atoms. The normalized spacial score (nSPS) is 26.9. The van der Waals surface area contributed by atoms with Gasteiger partial charge in [-0.25, -0.2) is 0 Å². The van der Waals surface area contributed by atoms with Gasteiger partial charge in [0, 0.05) is 12.8 Å². The van der Waals surface area contributed by atoms with Gasteiger partial charge in [-0.1, -0.05) is 120 Å². The van der Waals surface area contributed by atoms with Crippen molar-refractivity contribution in [3.63, 3.8) is 0 Å². The molecule has 0 aromatic heterocycles. The molecule has 4 unspecified atom stereocenters. The Bertz CT molecular complexity index is 1370. The molecule has 11 atom stereocenters. The molecule has 0 spiro atoms. The fourth-order valence-electron chi connectivity index (χ4n) is 7.20. The van der Waals surface area contributed by atoms with Crippen molar-refractivity contribution in [3.05, 3.63) is 60.8 Å². The van der Waals surface area contributed by atoms with Crippen LogP contribution in [-0.4, -0.2) is 142 Å². The van der Waals surface area contributed by atoms with Crippen molar-refractivity contribution in [1.82, 2.24) is 0 Å². The van der Waals surface area contributed by atoms with E-state index in [1.54, 1.807) is 0 Å². The summed E-state index contributed by atoms with van der Waals surface area (Å²) in [5, 5.41) is 72.0. The van der Waals surface area contributed by atoms with Crippen LogP contribution in [0, 0.1) is 0 Å². The van der Waals surface area contributed by atoms with Crippen molar-refractivity contribution < 1.29 is 73.8 Å². The monoisotopic (exact) mass is 925 g/mol. The second-order valence-electron chi connectivity index (χ2n) is 16.9. The van der Waals surface area contributed by atoms with Crippen molar-refractivity contribution in [2.24, 2.45) is 0 Å². The summed E-state index contributed by atoms with van der Waals surface area (Å²) in [5.41, 5.74) is 0. The first-order valence-electron chi connectivity index (χ1n) is 24.4. The maximum Gasteiger partial charge on any atom is 0.306 e. The lowest BCUT2D eigenvalue weighted by atomic mass is 9.98. The van der Waals surface area contributed by atoms with E-state index in [-0.39, 0.29) is 19.4 Å². The number of unbranched alkanes of at least 4 members (excludes halogenated alkanes) is 12. The van der Waals surface area contributed by atoms with Crippen molar-refractivity contribution in [1.29, 1.82) is 0 Å². The van der Waals surface area contributed by atoms with Gasteiger partial charge in [0.2, 0.25) is 0 Å². The number of hydrogen-bond acceptors (Lipinski definition) is 15. The van der Waals surface area contributed by atoms with Crippen LogP contribution in [0.2, 0.25) is 0 Å². The number of allylic oxidation sites excluding steroid dienone is 10. The molecule has 0 amide bonds. The first-order valence-corrected chi connectivity index (χ1v) is 24.4. The highest BCUT2D eigenvalue weighted by Crippen LogP contribution is 2.26. The average molecular weight is 925 g/mol. The zero-order chi connectivity index (χ0) is 47.5. The molecule has 2 aliphatic heterocycles. The summed E-state index contributed by atoms with van der Waals surface area (Å²) in [6.07, 6.45) is 24.0. The second-order valence-corrected chi connectivity index (χ2v) is 16.9. The third-order valence-electron chi connectivity index (χ3n) is 11.2. The Morgan fingerprint density at radius 2 is 0.969 bits per heavy atom.